The molecule has 0 aliphatic rings. The van der Waals surface area contributed by atoms with Crippen LogP contribution in [0.25, 0.3) is 0 Å². The lowest BCUT2D eigenvalue weighted by Gasteiger charge is -2.25. The fourth-order valence-corrected chi connectivity index (χ4v) is 0.636. The summed E-state index contributed by atoms with van der Waals surface area (Å²) in [6.45, 7) is 4.08. The van der Waals surface area contributed by atoms with Gasteiger partial charge >= 0.3 is 0 Å². The lowest BCUT2D eigenvalue weighted by atomic mass is 9.87. The van der Waals surface area contributed by atoms with E-state index in [1.165, 1.54) is 0 Å². The van der Waals surface area contributed by atoms with Crippen molar-refractivity contribution in [2.45, 2.75) is 13.3 Å². The molecule has 4 N–H and O–H groups in total. The standard InChI is InChI=1S/C7H18N2O/c1-7(5-8,6-9)3-4-10-2/h3-6,8-9H2,1-2H3. The minimum Gasteiger partial charge on any atom is -0.385 e. The first-order chi connectivity index (χ1) is 4.68. The van der Waals surface area contributed by atoms with Gasteiger partial charge in [-0.2, -0.15) is 0 Å². The largest absolute Gasteiger partial charge is 0.385 e. The Morgan fingerprint density at radius 1 is 1.30 bits per heavy atom. The van der Waals surface area contributed by atoms with Gasteiger partial charge in [-0.1, -0.05) is 6.92 Å². The van der Waals surface area contributed by atoms with Crippen LogP contribution < -0.4 is 11.5 Å². The Balaban J connectivity index is 3.58. The van der Waals surface area contributed by atoms with Crippen LogP contribution >= 0.6 is 0 Å². The van der Waals surface area contributed by atoms with E-state index in [2.05, 4.69) is 6.92 Å². The Hall–Kier alpha value is -0.120. The summed E-state index contributed by atoms with van der Waals surface area (Å²) in [5.41, 5.74) is 11.1. The number of ether oxygens (including phenoxy) is 1. The third kappa shape index (κ3) is 3.15. The van der Waals surface area contributed by atoms with Gasteiger partial charge in [-0.05, 0) is 24.9 Å². The van der Waals surface area contributed by atoms with Crippen LogP contribution in [0.15, 0.2) is 0 Å². The van der Waals surface area contributed by atoms with Crippen molar-refractivity contribution in [1.82, 2.24) is 0 Å². The van der Waals surface area contributed by atoms with Gasteiger partial charge in [0.1, 0.15) is 0 Å². The maximum Gasteiger partial charge on any atom is 0.0468 e. The Labute approximate surface area is 62.7 Å². The molecule has 0 aromatic heterocycles. The van der Waals surface area contributed by atoms with Gasteiger partial charge in [-0.15, -0.1) is 0 Å². The normalized spacial score (nSPS) is 12.0. The van der Waals surface area contributed by atoms with Crippen LogP contribution in [0.4, 0.5) is 0 Å². The van der Waals surface area contributed by atoms with E-state index in [-0.39, 0.29) is 5.41 Å². The van der Waals surface area contributed by atoms with E-state index < -0.39 is 0 Å². The second kappa shape index (κ2) is 4.66. The molecule has 0 aromatic rings. The summed E-state index contributed by atoms with van der Waals surface area (Å²) in [6, 6.07) is 0. The van der Waals surface area contributed by atoms with E-state index >= 15 is 0 Å². The van der Waals surface area contributed by atoms with Gasteiger partial charge in [0, 0.05) is 13.7 Å². The van der Waals surface area contributed by atoms with Crippen molar-refractivity contribution in [3.05, 3.63) is 0 Å². The Morgan fingerprint density at radius 2 is 1.80 bits per heavy atom. The highest BCUT2D eigenvalue weighted by atomic mass is 16.5. The smallest absolute Gasteiger partial charge is 0.0468 e. The van der Waals surface area contributed by atoms with Crippen LogP contribution in [0, 0.1) is 5.41 Å². The molecule has 3 heteroatoms. The molecule has 0 unspecified atom stereocenters. The molecule has 0 aliphatic heterocycles. The molecule has 0 rings (SSSR count). The number of hydrogen-bond donors (Lipinski definition) is 2. The predicted octanol–water partition coefficient (Wildman–Crippen LogP) is -0.0534. The van der Waals surface area contributed by atoms with Crippen molar-refractivity contribution >= 4 is 0 Å². The molecule has 62 valence electrons. The van der Waals surface area contributed by atoms with E-state index in [0.29, 0.717) is 13.1 Å². The van der Waals surface area contributed by atoms with Crippen LogP contribution in [0.1, 0.15) is 13.3 Å². The van der Waals surface area contributed by atoms with Crippen LogP contribution in [-0.4, -0.2) is 26.8 Å². The van der Waals surface area contributed by atoms with Gasteiger partial charge < -0.3 is 16.2 Å². The SMILES string of the molecule is COCCC(C)(CN)CN. The lowest BCUT2D eigenvalue weighted by molar-refractivity contribution is 0.150. The van der Waals surface area contributed by atoms with Crippen molar-refractivity contribution in [3.8, 4) is 0 Å². The topological polar surface area (TPSA) is 61.3 Å². The Kier molecular flexibility index (Phi) is 4.60. The van der Waals surface area contributed by atoms with Crippen LogP contribution in [0.2, 0.25) is 0 Å². The molecule has 0 atom stereocenters. The van der Waals surface area contributed by atoms with E-state index in [1.807, 2.05) is 0 Å². The monoisotopic (exact) mass is 146 g/mol. The third-order valence-electron chi connectivity index (χ3n) is 1.90. The molecule has 10 heavy (non-hydrogen) atoms. The zero-order valence-electron chi connectivity index (χ0n) is 6.89. The highest BCUT2D eigenvalue weighted by Gasteiger charge is 2.19. The van der Waals surface area contributed by atoms with Gasteiger partial charge in [0.2, 0.25) is 0 Å². The first-order valence-electron chi connectivity index (χ1n) is 3.57. The average molecular weight is 146 g/mol. The van der Waals surface area contributed by atoms with Gasteiger partial charge in [-0.3, -0.25) is 0 Å². The highest BCUT2D eigenvalue weighted by molar-refractivity contribution is 4.75. The zero-order valence-corrected chi connectivity index (χ0v) is 6.89. The van der Waals surface area contributed by atoms with Crippen LogP contribution in [0.5, 0.6) is 0 Å². The molecule has 0 spiro atoms. The molecule has 0 heterocycles. The summed E-state index contributed by atoms with van der Waals surface area (Å²) in [6.07, 6.45) is 0.941. The van der Waals surface area contributed by atoms with Gasteiger partial charge in [0.25, 0.3) is 0 Å². The summed E-state index contributed by atoms with van der Waals surface area (Å²) in [5, 5.41) is 0. The fourth-order valence-electron chi connectivity index (χ4n) is 0.636. The van der Waals surface area contributed by atoms with E-state index in [0.717, 1.165) is 13.0 Å². The molecule has 0 fully saturated rings. The van der Waals surface area contributed by atoms with Gasteiger partial charge in [-0.25, -0.2) is 0 Å². The molecular weight excluding hydrogens is 128 g/mol. The first kappa shape index (κ1) is 9.88. The molecule has 3 nitrogen and oxygen atoms in total. The van der Waals surface area contributed by atoms with Gasteiger partial charge in [0.05, 0.1) is 0 Å². The number of methoxy groups -OCH3 is 1. The van der Waals surface area contributed by atoms with Crippen LogP contribution in [-0.2, 0) is 4.74 Å². The minimum absolute atomic E-state index is 0.0655. The highest BCUT2D eigenvalue weighted by Crippen LogP contribution is 2.16. The first-order valence-corrected chi connectivity index (χ1v) is 3.57. The van der Waals surface area contributed by atoms with Crippen molar-refractivity contribution in [1.29, 1.82) is 0 Å². The Bertz CT molecular complexity index is 81.7. The third-order valence-corrected chi connectivity index (χ3v) is 1.90. The quantitative estimate of drug-likeness (QED) is 0.571. The predicted molar refractivity (Wildman–Crippen MR) is 42.7 cm³/mol. The molecule has 0 radical (unpaired) electrons. The molecule has 0 saturated heterocycles. The average Bonchev–Trinajstić information content (AvgIpc) is 2.00. The molecule has 0 aromatic carbocycles. The van der Waals surface area contributed by atoms with Gasteiger partial charge in [0.15, 0.2) is 0 Å². The Morgan fingerprint density at radius 3 is 2.10 bits per heavy atom. The zero-order chi connectivity index (χ0) is 8.04. The van der Waals surface area contributed by atoms with Crippen molar-refractivity contribution in [3.63, 3.8) is 0 Å². The van der Waals surface area contributed by atoms with E-state index in [4.69, 9.17) is 16.2 Å². The summed E-state index contributed by atoms with van der Waals surface area (Å²) in [4.78, 5) is 0. The molecular formula is C7H18N2O. The van der Waals surface area contributed by atoms with Crippen LogP contribution in [0.3, 0.4) is 0 Å². The number of rotatable bonds is 5. The maximum absolute atomic E-state index is 5.52. The summed E-state index contributed by atoms with van der Waals surface area (Å²) < 4.78 is 4.93. The van der Waals surface area contributed by atoms with Crippen molar-refractivity contribution < 1.29 is 4.74 Å². The van der Waals surface area contributed by atoms with E-state index in [9.17, 15) is 0 Å². The minimum atomic E-state index is 0.0655. The summed E-state index contributed by atoms with van der Waals surface area (Å²) >= 11 is 0. The maximum atomic E-state index is 5.52. The molecule has 0 amide bonds. The van der Waals surface area contributed by atoms with Crippen molar-refractivity contribution in [2.24, 2.45) is 16.9 Å². The number of nitrogens with two attached hydrogens (primary N) is 2. The van der Waals surface area contributed by atoms with E-state index in [1.54, 1.807) is 7.11 Å². The molecule has 0 saturated carbocycles. The second-order valence-electron chi connectivity index (χ2n) is 2.96. The summed E-state index contributed by atoms with van der Waals surface area (Å²) in [5.74, 6) is 0. The lowest BCUT2D eigenvalue weighted by Crippen LogP contribution is -2.36. The number of hydrogen-bond acceptors (Lipinski definition) is 3. The summed E-state index contributed by atoms with van der Waals surface area (Å²) in [7, 11) is 1.69. The molecule has 0 bridgehead atoms. The molecule has 0 aliphatic carbocycles. The van der Waals surface area contributed by atoms with Crippen molar-refractivity contribution in [2.75, 3.05) is 26.8 Å². The second-order valence-corrected chi connectivity index (χ2v) is 2.96. The fraction of sp³-hybridized carbons (Fsp3) is 1.00.